The molecule has 23 heavy (non-hydrogen) atoms. The lowest BCUT2D eigenvalue weighted by Gasteiger charge is -2.19. The fourth-order valence-corrected chi connectivity index (χ4v) is 2.34. The van der Waals surface area contributed by atoms with E-state index < -0.39 is 5.91 Å². The molecular weight excluding hydrogens is 298 g/mol. The maximum atomic E-state index is 12.3. The first-order valence-electron chi connectivity index (χ1n) is 7.18. The molecule has 0 fully saturated rings. The van der Waals surface area contributed by atoms with Gasteiger partial charge in [0.25, 0.3) is 5.91 Å². The molecular formula is C16H15N3O4. The second-order valence-electron chi connectivity index (χ2n) is 4.75. The highest BCUT2D eigenvalue weighted by molar-refractivity contribution is 5.95. The van der Waals surface area contributed by atoms with Gasteiger partial charge in [0.1, 0.15) is 25.0 Å². The van der Waals surface area contributed by atoms with E-state index in [2.05, 4.69) is 5.48 Å². The molecule has 0 bridgehead atoms. The van der Waals surface area contributed by atoms with Gasteiger partial charge in [-0.2, -0.15) is 5.26 Å². The van der Waals surface area contributed by atoms with Crippen LogP contribution in [0.2, 0.25) is 0 Å². The van der Waals surface area contributed by atoms with Crippen LogP contribution in [-0.4, -0.2) is 30.3 Å². The van der Waals surface area contributed by atoms with Gasteiger partial charge >= 0.3 is 0 Å². The van der Waals surface area contributed by atoms with E-state index in [1.54, 1.807) is 42.0 Å². The Morgan fingerprint density at radius 3 is 2.87 bits per heavy atom. The lowest BCUT2D eigenvalue weighted by molar-refractivity contribution is 0.0358. The smallest absolute Gasteiger partial charge is 0.293 e. The Bertz CT molecular complexity index is 776. The number of carbonyl (C=O) groups excluding carboxylic acids is 1. The van der Waals surface area contributed by atoms with Crippen molar-refractivity contribution in [3.8, 4) is 23.3 Å². The van der Waals surface area contributed by atoms with Crippen molar-refractivity contribution in [2.24, 2.45) is 0 Å². The van der Waals surface area contributed by atoms with E-state index >= 15 is 0 Å². The summed E-state index contributed by atoms with van der Waals surface area (Å²) in [5.41, 5.74) is 3.47. The van der Waals surface area contributed by atoms with E-state index in [0.717, 1.165) is 0 Å². The molecule has 1 N–H and O–H groups in total. The summed E-state index contributed by atoms with van der Waals surface area (Å²) in [6.45, 7) is 3.07. The first-order chi connectivity index (χ1) is 11.2. The number of rotatable bonds is 4. The van der Waals surface area contributed by atoms with Crippen LogP contribution in [0.1, 0.15) is 23.0 Å². The Morgan fingerprint density at radius 2 is 2.13 bits per heavy atom. The Morgan fingerprint density at radius 1 is 1.35 bits per heavy atom. The van der Waals surface area contributed by atoms with Gasteiger partial charge in [0, 0.05) is 18.0 Å². The second-order valence-corrected chi connectivity index (χ2v) is 4.75. The van der Waals surface area contributed by atoms with Crippen molar-refractivity contribution >= 4 is 5.91 Å². The summed E-state index contributed by atoms with van der Waals surface area (Å²) < 4.78 is 12.7. The summed E-state index contributed by atoms with van der Waals surface area (Å²) >= 11 is 0. The number of benzene rings is 1. The molecule has 1 aromatic heterocycles. The molecule has 0 radical (unpaired) electrons. The molecule has 118 valence electrons. The third-order valence-corrected chi connectivity index (χ3v) is 3.33. The monoisotopic (exact) mass is 313 g/mol. The molecule has 2 heterocycles. The molecule has 1 amide bonds. The summed E-state index contributed by atoms with van der Waals surface area (Å²) in [6, 6.07) is 8.94. The van der Waals surface area contributed by atoms with E-state index in [9.17, 15) is 10.1 Å². The van der Waals surface area contributed by atoms with E-state index in [1.165, 1.54) is 0 Å². The average Bonchev–Trinajstić information content (AvgIpc) is 3.03. The molecule has 2 aromatic rings. The maximum absolute atomic E-state index is 12.3. The van der Waals surface area contributed by atoms with Crippen molar-refractivity contribution in [3.63, 3.8) is 0 Å². The summed E-state index contributed by atoms with van der Waals surface area (Å²) in [6.07, 6.45) is 1.66. The Labute approximate surface area is 132 Å². The SMILES string of the molecule is CCONC(=O)c1c(C#N)ccn1-c1ccc2c(c1)OCCO2. The lowest BCUT2D eigenvalue weighted by Crippen LogP contribution is -2.26. The Balaban J connectivity index is 2.01. The molecule has 1 aromatic carbocycles. The minimum absolute atomic E-state index is 0.206. The molecule has 0 unspecified atom stereocenters. The van der Waals surface area contributed by atoms with Gasteiger partial charge in [0.15, 0.2) is 11.5 Å². The summed E-state index contributed by atoms with van der Waals surface area (Å²) in [4.78, 5) is 17.2. The number of hydroxylamine groups is 1. The first-order valence-corrected chi connectivity index (χ1v) is 7.18. The zero-order valence-electron chi connectivity index (χ0n) is 12.5. The zero-order chi connectivity index (χ0) is 16.2. The van der Waals surface area contributed by atoms with E-state index in [-0.39, 0.29) is 11.3 Å². The molecule has 3 rings (SSSR count). The van der Waals surface area contributed by atoms with Crippen molar-refractivity contribution < 1.29 is 19.1 Å². The fourth-order valence-electron chi connectivity index (χ4n) is 2.34. The lowest BCUT2D eigenvalue weighted by atomic mass is 10.2. The highest BCUT2D eigenvalue weighted by Crippen LogP contribution is 2.32. The van der Waals surface area contributed by atoms with Crippen LogP contribution in [0.5, 0.6) is 11.5 Å². The number of aromatic nitrogens is 1. The van der Waals surface area contributed by atoms with Crippen LogP contribution in [0.3, 0.4) is 0 Å². The van der Waals surface area contributed by atoms with Crippen molar-refractivity contribution in [1.82, 2.24) is 10.0 Å². The summed E-state index contributed by atoms with van der Waals surface area (Å²) in [5, 5.41) is 9.22. The minimum Gasteiger partial charge on any atom is -0.486 e. The Kier molecular flexibility index (Phi) is 4.17. The zero-order valence-corrected chi connectivity index (χ0v) is 12.5. The van der Waals surface area contributed by atoms with Crippen molar-refractivity contribution in [1.29, 1.82) is 5.26 Å². The Hall–Kier alpha value is -2.98. The standard InChI is InChI=1S/C16H15N3O4/c1-2-23-18-16(20)15-11(10-17)5-6-19(15)12-3-4-13-14(9-12)22-8-7-21-13/h3-6,9H,2,7-8H2,1H3,(H,18,20). The van der Waals surface area contributed by atoms with Crippen LogP contribution in [0.15, 0.2) is 30.5 Å². The highest BCUT2D eigenvalue weighted by atomic mass is 16.6. The normalized spacial score (nSPS) is 12.5. The summed E-state index contributed by atoms with van der Waals surface area (Å²) in [5.74, 6) is 0.786. The van der Waals surface area contributed by atoms with Gasteiger partial charge in [0.05, 0.1) is 12.2 Å². The first kappa shape index (κ1) is 14.9. The third kappa shape index (κ3) is 2.84. The van der Waals surface area contributed by atoms with Crippen LogP contribution in [0, 0.1) is 11.3 Å². The fraction of sp³-hybridized carbons (Fsp3) is 0.250. The second kappa shape index (κ2) is 6.42. The molecule has 0 atom stereocenters. The molecule has 7 nitrogen and oxygen atoms in total. The van der Waals surface area contributed by atoms with E-state index in [1.807, 2.05) is 6.07 Å². The van der Waals surface area contributed by atoms with Gasteiger partial charge in [-0.25, -0.2) is 5.48 Å². The largest absolute Gasteiger partial charge is 0.486 e. The maximum Gasteiger partial charge on any atom is 0.293 e. The van der Waals surface area contributed by atoms with Crippen LogP contribution in [-0.2, 0) is 4.84 Å². The number of ether oxygens (including phenoxy) is 2. The average molecular weight is 313 g/mol. The van der Waals surface area contributed by atoms with Gasteiger partial charge in [-0.1, -0.05) is 0 Å². The molecule has 0 aliphatic carbocycles. The van der Waals surface area contributed by atoms with Crippen molar-refractivity contribution in [3.05, 3.63) is 41.7 Å². The van der Waals surface area contributed by atoms with E-state index in [0.29, 0.717) is 37.0 Å². The predicted molar refractivity (Wildman–Crippen MR) is 80.6 cm³/mol. The van der Waals surface area contributed by atoms with Gasteiger partial charge in [0.2, 0.25) is 0 Å². The highest BCUT2D eigenvalue weighted by Gasteiger charge is 2.20. The number of nitrogens with one attached hydrogen (secondary N) is 1. The molecule has 0 saturated carbocycles. The number of nitrogens with zero attached hydrogens (tertiary/aromatic N) is 2. The summed E-state index contributed by atoms with van der Waals surface area (Å²) in [7, 11) is 0. The predicted octanol–water partition coefficient (Wildman–Crippen LogP) is 1.80. The number of nitriles is 1. The molecule has 1 aliphatic heterocycles. The van der Waals surface area contributed by atoms with Gasteiger partial charge < -0.3 is 14.0 Å². The quantitative estimate of drug-likeness (QED) is 0.870. The van der Waals surface area contributed by atoms with Gasteiger partial charge in [-0.15, -0.1) is 0 Å². The minimum atomic E-state index is -0.483. The van der Waals surface area contributed by atoms with Gasteiger partial charge in [-0.3, -0.25) is 9.63 Å². The van der Waals surface area contributed by atoms with E-state index in [4.69, 9.17) is 14.3 Å². The van der Waals surface area contributed by atoms with Gasteiger partial charge in [-0.05, 0) is 25.1 Å². The van der Waals surface area contributed by atoms with Crippen LogP contribution >= 0.6 is 0 Å². The van der Waals surface area contributed by atoms with Crippen molar-refractivity contribution in [2.45, 2.75) is 6.92 Å². The third-order valence-electron chi connectivity index (χ3n) is 3.33. The molecule has 0 saturated heterocycles. The van der Waals surface area contributed by atoms with Crippen LogP contribution < -0.4 is 15.0 Å². The molecule has 0 spiro atoms. The number of fused-ring (bicyclic) bond motifs is 1. The topological polar surface area (TPSA) is 85.5 Å². The van der Waals surface area contributed by atoms with Crippen LogP contribution in [0.25, 0.3) is 5.69 Å². The molecule has 7 heteroatoms. The number of carbonyl (C=O) groups is 1. The molecule has 1 aliphatic rings. The van der Waals surface area contributed by atoms with Crippen molar-refractivity contribution in [2.75, 3.05) is 19.8 Å². The number of hydrogen-bond donors (Lipinski definition) is 1. The number of amides is 1. The van der Waals surface area contributed by atoms with Crippen LogP contribution in [0.4, 0.5) is 0 Å². The number of hydrogen-bond acceptors (Lipinski definition) is 5.